The topological polar surface area (TPSA) is 71.1 Å². The van der Waals surface area contributed by atoms with E-state index in [1.165, 1.54) is 4.90 Å². The SMILES string of the molecule is COCCN(C)C(=O)c1n[nH]c(C(C)C)n1. The second-order valence-corrected chi connectivity index (χ2v) is 3.92. The van der Waals surface area contributed by atoms with Gasteiger partial charge in [0.1, 0.15) is 5.82 Å². The van der Waals surface area contributed by atoms with Crippen molar-refractivity contribution in [2.24, 2.45) is 0 Å². The van der Waals surface area contributed by atoms with Crippen LogP contribution >= 0.6 is 0 Å². The van der Waals surface area contributed by atoms with Crippen molar-refractivity contribution >= 4 is 5.91 Å². The third kappa shape index (κ3) is 3.03. The number of likely N-dealkylation sites (N-methyl/N-ethyl adjacent to an activating group) is 1. The highest BCUT2D eigenvalue weighted by molar-refractivity contribution is 5.90. The largest absolute Gasteiger partial charge is 0.383 e. The molecule has 0 atom stereocenters. The summed E-state index contributed by atoms with van der Waals surface area (Å²) in [4.78, 5) is 17.5. The molecule has 90 valence electrons. The maximum atomic E-state index is 11.8. The Bertz CT molecular complexity index is 348. The fourth-order valence-corrected chi connectivity index (χ4v) is 1.13. The average Bonchev–Trinajstić information content (AvgIpc) is 2.74. The third-order valence-electron chi connectivity index (χ3n) is 2.22. The molecule has 0 saturated carbocycles. The number of ether oxygens (including phenoxy) is 1. The first kappa shape index (κ1) is 12.6. The van der Waals surface area contributed by atoms with Gasteiger partial charge in [-0.25, -0.2) is 4.98 Å². The normalized spacial score (nSPS) is 10.8. The number of aromatic amines is 1. The first-order valence-electron chi connectivity index (χ1n) is 5.23. The Morgan fingerprint density at radius 3 is 2.75 bits per heavy atom. The zero-order chi connectivity index (χ0) is 12.1. The van der Waals surface area contributed by atoms with E-state index in [-0.39, 0.29) is 17.6 Å². The van der Waals surface area contributed by atoms with Gasteiger partial charge in [-0.2, -0.15) is 0 Å². The molecule has 0 saturated heterocycles. The van der Waals surface area contributed by atoms with Crippen LogP contribution in [0.3, 0.4) is 0 Å². The van der Waals surface area contributed by atoms with Crippen molar-refractivity contribution in [1.82, 2.24) is 20.1 Å². The molecule has 0 aliphatic heterocycles. The first-order valence-corrected chi connectivity index (χ1v) is 5.23. The molecule has 1 amide bonds. The molecule has 0 spiro atoms. The van der Waals surface area contributed by atoms with Gasteiger partial charge in [-0.05, 0) is 0 Å². The van der Waals surface area contributed by atoms with Gasteiger partial charge < -0.3 is 9.64 Å². The number of amides is 1. The summed E-state index contributed by atoms with van der Waals surface area (Å²) in [7, 11) is 3.30. The van der Waals surface area contributed by atoms with Gasteiger partial charge in [-0.15, -0.1) is 5.10 Å². The van der Waals surface area contributed by atoms with Crippen molar-refractivity contribution in [3.8, 4) is 0 Å². The smallest absolute Gasteiger partial charge is 0.293 e. The van der Waals surface area contributed by atoms with Crippen molar-refractivity contribution in [3.05, 3.63) is 11.6 Å². The molecule has 6 nitrogen and oxygen atoms in total. The van der Waals surface area contributed by atoms with E-state index < -0.39 is 0 Å². The number of hydrogen-bond donors (Lipinski definition) is 1. The summed E-state index contributed by atoms with van der Waals surface area (Å²) in [5.41, 5.74) is 0. The highest BCUT2D eigenvalue weighted by Gasteiger charge is 2.17. The third-order valence-corrected chi connectivity index (χ3v) is 2.22. The molecule has 1 heterocycles. The predicted octanol–water partition coefficient (Wildman–Crippen LogP) is 0.646. The van der Waals surface area contributed by atoms with Gasteiger partial charge in [0.2, 0.25) is 5.82 Å². The van der Waals surface area contributed by atoms with Crippen molar-refractivity contribution in [2.75, 3.05) is 27.3 Å². The van der Waals surface area contributed by atoms with Gasteiger partial charge in [-0.3, -0.25) is 9.89 Å². The molecule has 1 aromatic rings. The summed E-state index contributed by atoms with van der Waals surface area (Å²) in [6, 6.07) is 0. The van der Waals surface area contributed by atoms with Crippen LogP contribution in [0.5, 0.6) is 0 Å². The van der Waals surface area contributed by atoms with E-state index in [0.29, 0.717) is 13.2 Å². The molecular weight excluding hydrogens is 208 g/mol. The fourth-order valence-electron chi connectivity index (χ4n) is 1.13. The van der Waals surface area contributed by atoms with Crippen LogP contribution in [0.25, 0.3) is 0 Å². The van der Waals surface area contributed by atoms with Crippen molar-refractivity contribution in [1.29, 1.82) is 0 Å². The number of carbonyl (C=O) groups is 1. The Hall–Kier alpha value is -1.43. The lowest BCUT2D eigenvalue weighted by Gasteiger charge is -2.13. The fraction of sp³-hybridized carbons (Fsp3) is 0.700. The highest BCUT2D eigenvalue weighted by atomic mass is 16.5. The molecule has 1 aromatic heterocycles. The van der Waals surface area contributed by atoms with Crippen LogP contribution < -0.4 is 0 Å². The minimum Gasteiger partial charge on any atom is -0.383 e. The van der Waals surface area contributed by atoms with E-state index in [0.717, 1.165) is 5.82 Å². The number of nitrogens with one attached hydrogen (secondary N) is 1. The number of aromatic nitrogens is 3. The molecule has 16 heavy (non-hydrogen) atoms. The molecule has 0 aromatic carbocycles. The molecule has 1 N–H and O–H groups in total. The molecule has 0 radical (unpaired) electrons. The van der Waals surface area contributed by atoms with E-state index in [1.807, 2.05) is 13.8 Å². The lowest BCUT2D eigenvalue weighted by atomic mass is 10.2. The number of H-pyrrole nitrogens is 1. The number of carbonyl (C=O) groups excluding carboxylic acids is 1. The molecule has 0 unspecified atom stereocenters. The van der Waals surface area contributed by atoms with Crippen LogP contribution in [0, 0.1) is 0 Å². The van der Waals surface area contributed by atoms with Gasteiger partial charge >= 0.3 is 0 Å². The predicted molar refractivity (Wildman–Crippen MR) is 59.3 cm³/mol. The van der Waals surface area contributed by atoms with Crippen LogP contribution in [0.2, 0.25) is 0 Å². The summed E-state index contributed by atoms with van der Waals surface area (Å²) in [6.07, 6.45) is 0. The Balaban J connectivity index is 2.65. The molecule has 0 fully saturated rings. The van der Waals surface area contributed by atoms with Crippen LogP contribution in [-0.4, -0.2) is 53.3 Å². The second-order valence-electron chi connectivity index (χ2n) is 3.92. The summed E-state index contributed by atoms with van der Waals surface area (Å²) >= 11 is 0. The minimum absolute atomic E-state index is 0.194. The van der Waals surface area contributed by atoms with Gasteiger partial charge in [0, 0.05) is 26.6 Å². The maximum Gasteiger partial charge on any atom is 0.293 e. The zero-order valence-electron chi connectivity index (χ0n) is 10.1. The highest BCUT2D eigenvalue weighted by Crippen LogP contribution is 2.08. The van der Waals surface area contributed by atoms with E-state index in [9.17, 15) is 4.79 Å². The summed E-state index contributed by atoms with van der Waals surface area (Å²) < 4.78 is 4.90. The van der Waals surface area contributed by atoms with Crippen LogP contribution in [0.4, 0.5) is 0 Å². The first-order chi connectivity index (χ1) is 7.56. The molecule has 0 aliphatic carbocycles. The monoisotopic (exact) mass is 226 g/mol. The lowest BCUT2D eigenvalue weighted by Crippen LogP contribution is -2.30. The zero-order valence-corrected chi connectivity index (χ0v) is 10.1. The molecule has 6 heteroatoms. The van der Waals surface area contributed by atoms with E-state index in [4.69, 9.17) is 4.74 Å². The van der Waals surface area contributed by atoms with Crippen molar-refractivity contribution in [2.45, 2.75) is 19.8 Å². The number of methoxy groups -OCH3 is 1. The molecule has 1 rings (SSSR count). The lowest BCUT2D eigenvalue weighted by molar-refractivity contribution is 0.0733. The minimum atomic E-state index is -0.194. The number of rotatable bonds is 5. The Morgan fingerprint density at radius 2 is 2.25 bits per heavy atom. The van der Waals surface area contributed by atoms with Crippen molar-refractivity contribution < 1.29 is 9.53 Å². The quantitative estimate of drug-likeness (QED) is 0.800. The standard InChI is InChI=1S/C10H18N4O2/c1-7(2)8-11-9(13-12-8)10(15)14(3)5-6-16-4/h7H,5-6H2,1-4H3,(H,11,12,13). The Morgan fingerprint density at radius 1 is 1.56 bits per heavy atom. The van der Waals surface area contributed by atoms with Crippen LogP contribution in [0.15, 0.2) is 0 Å². The number of hydrogen-bond acceptors (Lipinski definition) is 4. The van der Waals surface area contributed by atoms with Crippen LogP contribution in [0.1, 0.15) is 36.2 Å². The van der Waals surface area contributed by atoms with E-state index in [2.05, 4.69) is 15.2 Å². The molecule has 0 aliphatic rings. The maximum absolute atomic E-state index is 11.8. The van der Waals surface area contributed by atoms with Crippen LogP contribution in [-0.2, 0) is 4.74 Å². The Kier molecular flexibility index (Phi) is 4.42. The van der Waals surface area contributed by atoms with Gasteiger partial charge in [0.15, 0.2) is 0 Å². The van der Waals surface area contributed by atoms with Gasteiger partial charge in [0.25, 0.3) is 5.91 Å². The summed E-state index contributed by atoms with van der Waals surface area (Å²) in [6.45, 7) is 5.01. The van der Waals surface area contributed by atoms with E-state index >= 15 is 0 Å². The van der Waals surface area contributed by atoms with E-state index in [1.54, 1.807) is 14.2 Å². The second kappa shape index (κ2) is 5.60. The average molecular weight is 226 g/mol. The molecular formula is C10H18N4O2. The number of nitrogens with zero attached hydrogens (tertiary/aromatic N) is 3. The Labute approximate surface area is 95.0 Å². The summed E-state index contributed by atoms with van der Waals surface area (Å²) in [5.74, 6) is 0.976. The summed E-state index contributed by atoms with van der Waals surface area (Å²) in [5, 5.41) is 6.66. The van der Waals surface area contributed by atoms with Crippen molar-refractivity contribution in [3.63, 3.8) is 0 Å². The van der Waals surface area contributed by atoms with Gasteiger partial charge in [0.05, 0.1) is 6.61 Å². The van der Waals surface area contributed by atoms with Gasteiger partial charge in [-0.1, -0.05) is 13.8 Å². The molecule has 0 bridgehead atoms.